The van der Waals surface area contributed by atoms with Crippen molar-refractivity contribution in [3.63, 3.8) is 0 Å². The van der Waals surface area contributed by atoms with Crippen molar-refractivity contribution in [2.24, 2.45) is 23.7 Å². The molecule has 0 aliphatic carbocycles. The minimum absolute atomic E-state index is 0.711. The van der Waals surface area contributed by atoms with E-state index >= 15 is 0 Å². The second kappa shape index (κ2) is 34.4. The fourth-order valence-electron chi connectivity index (χ4n) is 15.9. The molecule has 0 fully saturated rings. The van der Waals surface area contributed by atoms with Gasteiger partial charge in [0.25, 0.3) is 0 Å². The second-order valence-electron chi connectivity index (χ2n) is 29.4. The zero-order valence-corrected chi connectivity index (χ0v) is 75.8. The summed E-state index contributed by atoms with van der Waals surface area (Å²) < 4.78 is 30.7. The minimum atomic E-state index is -2.26. The molecule has 0 amide bonds. The third-order valence-electron chi connectivity index (χ3n) is 21.6. The Balaban J connectivity index is 0.000000165. The Morgan fingerprint density at radius 2 is 0.745 bits per heavy atom. The van der Waals surface area contributed by atoms with Crippen LogP contribution in [-0.4, -0.2) is 75.7 Å². The number of fused-ring (bicyclic) bond motifs is 9. The first-order chi connectivity index (χ1) is 49.6. The molecule has 13 aromatic rings. The third-order valence-corrected chi connectivity index (χ3v) is 52.2. The summed E-state index contributed by atoms with van der Waals surface area (Å²) in [5.74, 6) is 3.24. The monoisotopic (exact) mass is 1750 g/mol. The van der Waals surface area contributed by atoms with E-state index in [2.05, 4.69) is 201 Å². The molecule has 23 heteroatoms. The zero-order valence-electron chi connectivity index (χ0n) is 61.2. The number of nitrogens with zero attached hydrogens (tertiary/aromatic N) is 9. The van der Waals surface area contributed by atoms with Gasteiger partial charge in [-0.15, -0.1) is 56.7 Å². The molecule has 0 aromatic carbocycles. The average Bonchev–Trinajstić information content (AvgIpc) is 1.54. The van der Waals surface area contributed by atoms with Gasteiger partial charge in [-0.2, -0.15) is 26.2 Å². The van der Waals surface area contributed by atoms with Crippen LogP contribution in [0.5, 0.6) is 0 Å². The Kier molecular flexibility index (Phi) is 25.9. The summed E-state index contributed by atoms with van der Waals surface area (Å²) in [7, 11) is -3.99. The first-order valence-electron chi connectivity index (χ1n) is 37.3. The molecule has 102 heavy (non-hydrogen) atoms. The second-order valence-corrected chi connectivity index (χ2v) is 62.6. The van der Waals surface area contributed by atoms with Crippen molar-refractivity contribution in [3.05, 3.63) is 105 Å². The Morgan fingerprint density at radius 3 is 1.12 bits per heavy atom. The Hall–Kier alpha value is -3.48. The predicted molar refractivity (Wildman–Crippen MR) is 467 cm³/mol. The fourth-order valence-corrected chi connectivity index (χ4v) is 46.6. The molecule has 0 saturated heterocycles. The molecule has 0 bridgehead atoms. The first kappa shape index (κ1) is 76.7. The number of aromatic nitrogens is 9. The zero-order chi connectivity index (χ0) is 71.3. The van der Waals surface area contributed by atoms with Gasteiger partial charge < -0.3 is 0 Å². The molecular formula is C79H96BrN9S10Si2Sn. The van der Waals surface area contributed by atoms with Crippen molar-refractivity contribution in [3.8, 4) is 72.1 Å². The maximum atomic E-state index is 5.06. The summed E-state index contributed by atoms with van der Waals surface area (Å²) in [6.45, 7) is 21.6. The van der Waals surface area contributed by atoms with Crippen molar-refractivity contribution in [2.45, 2.75) is 204 Å². The molecule has 15 rings (SSSR count). The number of rotatable bonds is 30. The van der Waals surface area contributed by atoms with Gasteiger partial charge >= 0.3 is 214 Å². The van der Waals surface area contributed by atoms with Crippen LogP contribution < -0.4 is 23.6 Å². The number of pyridine rings is 3. The normalized spacial score (nSPS) is 15.7. The molecule has 15 heterocycles. The van der Waals surface area contributed by atoms with Gasteiger partial charge in [-0.05, 0) is 96.7 Å². The molecule has 0 saturated carbocycles. The van der Waals surface area contributed by atoms with Gasteiger partial charge in [-0.1, -0.05) is 97.3 Å². The van der Waals surface area contributed by atoms with E-state index in [4.69, 9.17) is 27.5 Å². The predicted octanol–water partition coefficient (Wildman–Crippen LogP) is 25.6. The van der Waals surface area contributed by atoms with Gasteiger partial charge in [-0.25, -0.2) is 0 Å². The van der Waals surface area contributed by atoms with Gasteiger partial charge in [0, 0.05) is 49.2 Å². The molecule has 4 atom stereocenters. The van der Waals surface area contributed by atoms with Crippen LogP contribution in [0, 0.1) is 30.6 Å². The van der Waals surface area contributed by atoms with Gasteiger partial charge in [-0.3, -0.25) is 15.0 Å². The standard InChI is InChI=1S/C42H44N6S6Si.C25H39S2Si.C9H4BrN3S2.3CH3.Sn/c1-5-9-13-25(7-3)23-55(24-26(8-4)14-10-6-2)33-19-31(27-21-43-37(29-15-11-17-49-29)39-35(27)45-53-47-39)51-41(33)42-34(55)20-32(52-42)28-22-44-38(30-16-12-18-50-30)40-36(28)46-54-48-40;1-6-10-12-20(8-3)17-28(18-21(9-4)13-11-7-2)22-14-15-26-24(22)25-23(28)16-19(5)27-25;10-5-4-11-8(6-2-1-3-14-6)9-7(5)12-15-13-9;;;;/h11-12,15-22,25-26H,5-10,13-14,23-24H2,1-4H3;14,16,20-21H,6-13,17-18H2,1-5H3;1-4H;3*1H3;. The molecular weight excluding hydrogens is 1650 g/mol. The quantitative estimate of drug-likeness (QED) is 0.0406. The number of halogens is 1. The fraction of sp³-hybridized carbons (Fsp3) is 0.456. The summed E-state index contributed by atoms with van der Waals surface area (Å²) in [4.78, 5) is 36.3. The van der Waals surface area contributed by atoms with Crippen LogP contribution in [0.4, 0.5) is 0 Å². The number of hydrogen-bond donors (Lipinski definition) is 0. The molecule has 2 aliphatic rings. The number of unbranched alkanes of at least 4 members (excludes halogenated alkanes) is 4. The van der Waals surface area contributed by atoms with Crippen LogP contribution in [0.3, 0.4) is 0 Å². The maximum absolute atomic E-state index is 5.06. The molecule has 0 spiro atoms. The topological polar surface area (TPSA) is 116 Å². The van der Waals surface area contributed by atoms with E-state index in [-0.39, 0.29) is 0 Å². The number of aryl methyl sites for hydroxylation is 1. The molecule has 2 aliphatic heterocycles. The summed E-state index contributed by atoms with van der Waals surface area (Å²) >= 11 is 18.5. The van der Waals surface area contributed by atoms with Crippen molar-refractivity contribution in [1.29, 1.82) is 0 Å². The molecule has 536 valence electrons. The van der Waals surface area contributed by atoms with Crippen molar-refractivity contribution in [2.75, 3.05) is 0 Å². The summed E-state index contributed by atoms with van der Waals surface area (Å²) in [5.41, 5.74) is 10.5. The van der Waals surface area contributed by atoms with Gasteiger partial charge in [0.15, 0.2) is 0 Å². The van der Waals surface area contributed by atoms with Crippen molar-refractivity contribution in [1.82, 2.24) is 41.2 Å². The van der Waals surface area contributed by atoms with Gasteiger partial charge in [0.2, 0.25) is 0 Å². The van der Waals surface area contributed by atoms with Crippen LogP contribution in [0.2, 0.25) is 39.0 Å². The molecule has 0 N–H and O–H groups in total. The summed E-state index contributed by atoms with van der Waals surface area (Å²) in [6, 6.07) is 28.8. The van der Waals surface area contributed by atoms with Crippen molar-refractivity contribution >= 4 is 222 Å². The molecule has 0 radical (unpaired) electrons. The van der Waals surface area contributed by atoms with Crippen molar-refractivity contribution < 1.29 is 0 Å². The van der Waals surface area contributed by atoms with E-state index in [0.717, 1.165) is 92.2 Å². The summed E-state index contributed by atoms with van der Waals surface area (Å²) in [6.07, 6.45) is 27.2. The number of thiophene rings is 7. The van der Waals surface area contributed by atoms with Crippen LogP contribution in [0.15, 0.2) is 99.9 Å². The summed E-state index contributed by atoms with van der Waals surface area (Å²) in [5, 5.41) is 13.3. The Labute approximate surface area is 660 Å². The molecule has 4 unspecified atom stereocenters. The van der Waals surface area contributed by atoms with Gasteiger partial charge in [0.1, 0.15) is 58.3 Å². The Bertz CT molecular complexity index is 4690. The Morgan fingerprint density at radius 1 is 0.402 bits per heavy atom. The SMILES string of the molecule is Brc1cnc(-c2cccs2)c2nsnc12.CCCCC(CC)C[Si]1(CC(CC)CCCC)c2cc(-c3cnc(-c4cccs4)c4nsnc34)sc2-c2sc(-c3cnc(-c4cccs4)c4nsnc34)cc21.CCCCC(CC)C[Si]1(CC(CC)CCCC)c2cc(C)sc2-c2s[c]([Sn]([CH3])([CH3])[CH3])cc21. The van der Waals surface area contributed by atoms with E-state index in [1.54, 1.807) is 65.2 Å². The average molecular weight is 1750 g/mol. The van der Waals surface area contributed by atoms with Crippen LogP contribution in [0.25, 0.3) is 105 Å². The molecule has 9 nitrogen and oxygen atoms in total. The third kappa shape index (κ3) is 15.7. The van der Waals surface area contributed by atoms with Crippen LogP contribution in [0.1, 0.15) is 163 Å². The van der Waals surface area contributed by atoms with Gasteiger partial charge in [0.05, 0.1) is 54.3 Å². The van der Waals surface area contributed by atoms with E-state index in [9.17, 15) is 0 Å². The van der Waals surface area contributed by atoms with Crippen LogP contribution in [-0.2, 0) is 0 Å². The molecule has 13 aromatic heterocycles. The number of hydrogen-bond acceptors (Lipinski definition) is 19. The van der Waals surface area contributed by atoms with Crippen LogP contribution >= 0.6 is 130 Å². The first-order valence-corrected chi connectivity index (χ1v) is 61.0. The van der Waals surface area contributed by atoms with E-state index in [1.807, 2.05) is 53.5 Å². The van der Waals surface area contributed by atoms with E-state index in [0.29, 0.717) is 11.8 Å². The van der Waals surface area contributed by atoms with E-state index in [1.165, 1.54) is 182 Å². The van der Waals surface area contributed by atoms with E-state index < -0.39 is 34.5 Å².